The Hall–Kier alpha value is -1.26. The van der Waals surface area contributed by atoms with Crippen molar-refractivity contribution in [3.63, 3.8) is 0 Å². The summed E-state index contributed by atoms with van der Waals surface area (Å²) in [6, 6.07) is 6.05. The average molecular weight is 318 g/mol. The second kappa shape index (κ2) is 5.85. The van der Waals surface area contributed by atoms with Gasteiger partial charge in [-0.25, -0.2) is 0 Å². The highest BCUT2D eigenvalue weighted by Gasteiger charge is 2.22. The van der Waals surface area contributed by atoms with Gasteiger partial charge in [0.25, 0.3) is 0 Å². The highest BCUT2D eigenvalue weighted by molar-refractivity contribution is 7.98. The van der Waals surface area contributed by atoms with Gasteiger partial charge >= 0.3 is 0 Å². The van der Waals surface area contributed by atoms with Crippen molar-refractivity contribution in [1.82, 2.24) is 0 Å². The number of rotatable bonds is 3. The molecule has 0 atom stereocenters. The molecular weight excluding hydrogens is 300 g/mol. The topological polar surface area (TPSA) is 26.3 Å². The van der Waals surface area contributed by atoms with Crippen molar-refractivity contribution in [2.24, 2.45) is 0 Å². The van der Waals surface area contributed by atoms with Gasteiger partial charge in [0.2, 0.25) is 5.78 Å². The number of carbonyl (C=O) groups excluding carboxylic acids is 1. The first-order chi connectivity index (χ1) is 10.1. The molecule has 2 aromatic rings. The minimum absolute atomic E-state index is 0.0914. The summed E-state index contributed by atoms with van der Waals surface area (Å²) in [4.78, 5) is 15.1. The third-order valence-corrected chi connectivity index (χ3v) is 5.99. The maximum absolute atomic E-state index is 12.9. The van der Waals surface area contributed by atoms with Gasteiger partial charge < -0.3 is 4.74 Å². The number of benzene rings is 1. The first-order valence-corrected chi connectivity index (χ1v) is 8.96. The lowest BCUT2D eigenvalue weighted by atomic mass is 9.99. The monoisotopic (exact) mass is 318 g/mol. The van der Waals surface area contributed by atoms with Crippen molar-refractivity contribution < 1.29 is 9.53 Å². The first-order valence-electron chi connectivity index (χ1n) is 6.99. The quantitative estimate of drug-likeness (QED) is 0.785. The van der Waals surface area contributed by atoms with E-state index in [9.17, 15) is 4.79 Å². The molecule has 0 saturated heterocycles. The summed E-state index contributed by atoms with van der Waals surface area (Å²) in [5, 5.41) is 0. The van der Waals surface area contributed by atoms with Crippen LogP contribution < -0.4 is 4.74 Å². The minimum Gasteiger partial charge on any atom is -0.496 e. The van der Waals surface area contributed by atoms with E-state index in [0.29, 0.717) is 11.3 Å². The summed E-state index contributed by atoms with van der Waals surface area (Å²) in [5.74, 6) is 2.96. The van der Waals surface area contributed by atoms with Gasteiger partial charge in [0.05, 0.1) is 17.6 Å². The van der Waals surface area contributed by atoms with Gasteiger partial charge in [-0.3, -0.25) is 4.79 Å². The van der Waals surface area contributed by atoms with Crippen LogP contribution in [-0.2, 0) is 12.2 Å². The Bertz CT molecular complexity index is 678. The van der Waals surface area contributed by atoms with Gasteiger partial charge in [-0.2, -0.15) is 11.8 Å². The van der Waals surface area contributed by atoms with E-state index < -0.39 is 0 Å². The van der Waals surface area contributed by atoms with Crippen LogP contribution in [0, 0.1) is 13.8 Å². The lowest BCUT2D eigenvalue weighted by molar-refractivity contribution is 0.103. The third kappa shape index (κ3) is 2.74. The summed E-state index contributed by atoms with van der Waals surface area (Å²) < 4.78 is 5.43. The first kappa shape index (κ1) is 14.7. The minimum atomic E-state index is 0.0914. The van der Waals surface area contributed by atoms with Crippen LogP contribution in [0.3, 0.4) is 0 Å². The molecule has 0 radical (unpaired) electrons. The van der Waals surface area contributed by atoms with Crippen LogP contribution in [0.1, 0.15) is 36.8 Å². The molecule has 1 aromatic carbocycles. The van der Waals surface area contributed by atoms with Crippen LogP contribution in [-0.4, -0.2) is 18.6 Å². The van der Waals surface area contributed by atoms with Crippen LogP contribution in [0.2, 0.25) is 0 Å². The highest BCUT2D eigenvalue weighted by atomic mass is 32.2. The molecule has 1 aliphatic heterocycles. The van der Waals surface area contributed by atoms with Gasteiger partial charge in [0.1, 0.15) is 5.75 Å². The molecule has 110 valence electrons. The molecule has 4 heteroatoms. The number of ketones is 1. The van der Waals surface area contributed by atoms with Crippen molar-refractivity contribution in [1.29, 1.82) is 0 Å². The highest BCUT2D eigenvalue weighted by Crippen LogP contribution is 2.35. The fourth-order valence-electron chi connectivity index (χ4n) is 2.76. The van der Waals surface area contributed by atoms with Gasteiger partial charge in [0, 0.05) is 10.6 Å². The SMILES string of the molecule is COc1cc(C)cc(C)c1C(=O)c1cc2c(s1)CCSC2. The number of thiophene rings is 1. The van der Waals surface area contributed by atoms with E-state index in [2.05, 4.69) is 6.07 Å². The number of ether oxygens (including phenoxy) is 1. The summed E-state index contributed by atoms with van der Waals surface area (Å²) in [7, 11) is 1.63. The van der Waals surface area contributed by atoms with Crippen LogP contribution in [0.4, 0.5) is 0 Å². The van der Waals surface area contributed by atoms with Gasteiger partial charge in [0.15, 0.2) is 0 Å². The zero-order chi connectivity index (χ0) is 15.0. The van der Waals surface area contributed by atoms with Crippen molar-refractivity contribution >= 4 is 28.9 Å². The standard InChI is InChI=1S/C17H18O2S2/c1-10-6-11(2)16(13(7-10)19-3)17(18)15-8-12-9-20-5-4-14(12)21-15/h6-8H,4-5,9H2,1-3H3. The maximum Gasteiger partial charge on any atom is 0.206 e. The summed E-state index contributed by atoms with van der Waals surface area (Å²) >= 11 is 3.59. The molecule has 2 heterocycles. The molecule has 0 fully saturated rings. The summed E-state index contributed by atoms with van der Waals surface area (Å²) in [6.45, 7) is 4.00. The Morgan fingerprint density at radius 3 is 2.76 bits per heavy atom. The molecule has 0 aliphatic carbocycles. The lowest BCUT2D eigenvalue weighted by Gasteiger charge is -2.11. The Morgan fingerprint density at radius 2 is 2.05 bits per heavy atom. The summed E-state index contributed by atoms with van der Waals surface area (Å²) in [5.41, 5.74) is 4.14. The predicted molar refractivity (Wildman–Crippen MR) is 90.1 cm³/mol. The molecule has 0 amide bonds. The van der Waals surface area contributed by atoms with Crippen LogP contribution in [0.25, 0.3) is 0 Å². The Morgan fingerprint density at radius 1 is 1.24 bits per heavy atom. The number of hydrogen-bond acceptors (Lipinski definition) is 4. The molecule has 2 nitrogen and oxygen atoms in total. The molecule has 0 saturated carbocycles. The number of thioether (sulfide) groups is 1. The van der Waals surface area contributed by atoms with Crippen molar-refractivity contribution in [2.75, 3.05) is 12.9 Å². The van der Waals surface area contributed by atoms with E-state index in [1.165, 1.54) is 10.4 Å². The van der Waals surface area contributed by atoms with Gasteiger partial charge in [-0.15, -0.1) is 11.3 Å². The molecule has 0 N–H and O–H groups in total. The zero-order valence-electron chi connectivity index (χ0n) is 12.5. The van der Waals surface area contributed by atoms with Crippen molar-refractivity contribution in [3.8, 4) is 5.75 Å². The zero-order valence-corrected chi connectivity index (χ0v) is 14.1. The number of methoxy groups -OCH3 is 1. The normalized spacial score (nSPS) is 13.9. The van der Waals surface area contributed by atoms with Crippen molar-refractivity contribution in [3.05, 3.63) is 50.2 Å². The molecule has 21 heavy (non-hydrogen) atoms. The lowest BCUT2D eigenvalue weighted by Crippen LogP contribution is -2.05. The van der Waals surface area contributed by atoms with Crippen LogP contribution >= 0.6 is 23.1 Å². The number of hydrogen-bond donors (Lipinski definition) is 0. The fraction of sp³-hybridized carbons (Fsp3) is 0.353. The number of carbonyl (C=O) groups is 1. The molecule has 1 aromatic heterocycles. The molecule has 0 spiro atoms. The Kier molecular flexibility index (Phi) is 4.09. The Labute approximate surface area is 133 Å². The van der Waals surface area contributed by atoms with E-state index in [1.807, 2.05) is 37.7 Å². The maximum atomic E-state index is 12.9. The third-order valence-electron chi connectivity index (χ3n) is 3.74. The largest absolute Gasteiger partial charge is 0.496 e. The number of aryl methyl sites for hydroxylation is 3. The molecule has 3 rings (SSSR count). The van der Waals surface area contributed by atoms with Gasteiger partial charge in [-0.1, -0.05) is 6.07 Å². The second-order valence-corrected chi connectivity index (χ2v) is 7.59. The van der Waals surface area contributed by atoms with Crippen LogP contribution in [0.5, 0.6) is 5.75 Å². The van der Waals surface area contributed by atoms with E-state index >= 15 is 0 Å². The van der Waals surface area contributed by atoms with E-state index in [1.54, 1.807) is 18.4 Å². The second-order valence-electron chi connectivity index (χ2n) is 5.35. The smallest absolute Gasteiger partial charge is 0.206 e. The molecule has 0 bridgehead atoms. The molecule has 1 aliphatic rings. The van der Waals surface area contributed by atoms with E-state index in [4.69, 9.17) is 4.74 Å². The summed E-state index contributed by atoms with van der Waals surface area (Å²) in [6.07, 6.45) is 1.09. The fourth-order valence-corrected chi connectivity index (χ4v) is 5.08. The van der Waals surface area contributed by atoms with Gasteiger partial charge in [-0.05, 0) is 54.8 Å². The van der Waals surface area contributed by atoms with E-state index in [-0.39, 0.29) is 5.78 Å². The molecule has 0 unspecified atom stereocenters. The number of fused-ring (bicyclic) bond motifs is 1. The molecular formula is C17H18O2S2. The van der Waals surface area contributed by atoms with E-state index in [0.717, 1.165) is 33.9 Å². The predicted octanol–water partition coefficient (Wildman–Crippen LogP) is 4.39. The Balaban J connectivity index is 2.04. The average Bonchev–Trinajstić information content (AvgIpc) is 2.89. The van der Waals surface area contributed by atoms with Crippen molar-refractivity contribution in [2.45, 2.75) is 26.0 Å². The van der Waals surface area contributed by atoms with Crippen LogP contribution in [0.15, 0.2) is 18.2 Å².